The molecule has 0 aliphatic carbocycles. The van der Waals surface area contributed by atoms with Gasteiger partial charge in [0, 0.05) is 33.8 Å². The van der Waals surface area contributed by atoms with E-state index in [0.717, 1.165) is 45.3 Å². The molecule has 2 heteroatoms. The van der Waals surface area contributed by atoms with E-state index < -0.39 is 0 Å². The highest BCUT2D eigenvalue weighted by Crippen LogP contribution is 2.43. The summed E-state index contributed by atoms with van der Waals surface area (Å²) < 4.78 is 0. The molecule has 11 aromatic rings. The zero-order valence-electron chi connectivity index (χ0n) is 35.3. The SMILES string of the molecule is c1ccc(-c2ccc(N(c3ccc(-c4ccc(N(c5ccccc5)c5ccc(-c6ccccc6)c6ccccc56)cc4)cc3)c3ccc(-c4ccc5ccccc5c4)cc3)cc2)cc1. The molecule has 0 aliphatic rings. The Bertz CT molecular complexity index is 3330. The third-order valence-corrected chi connectivity index (χ3v) is 12.3. The van der Waals surface area contributed by atoms with E-state index in [1.165, 1.54) is 54.9 Å². The molecule has 64 heavy (non-hydrogen) atoms. The van der Waals surface area contributed by atoms with Crippen molar-refractivity contribution in [2.45, 2.75) is 0 Å². The van der Waals surface area contributed by atoms with Gasteiger partial charge in [0.05, 0.1) is 5.69 Å². The Hall–Kier alpha value is -8.46. The summed E-state index contributed by atoms with van der Waals surface area (Å²) in [6.45, 7) is 0. The van der Waals surface area contributed by atoms with Crippen LogP contribution in [0.3, 0.4) is 0 Å². The summed E-state index contributed by atoms with van der Waals surface area (Å²) in [6, 6.07) is 96.2. The van der Waals surface area contributed by atoms with Gasteiger partial charge in [-0.05, 0) is 133 Å². The standard InChI is InChI=1S/C62H44N2/c1-4-14-45(15-5-1)47-26-34-55(35-27-47)63(57-38-32-50(33-39-57)53-25-24-46-16-10-11-19-52(46)44-53)56-36-28-48(29-37-56)49-30-40-58(41-31-49)64(54-20-8-3-9-21-54)62-43-42-59(51-17-6-2-7-18-51)60-22-12-13-23-61(60)62/h1-44H. The molecule has 11 rings (SSSR count). The van der Waals surface area contributed by atoms with E-state index >= 15 is 0 Å². The summed E-state index contributed by atoms with van der Waals surface area (Å²) in [5.74, 6) is 0. The van der Waals surface area contributed by atoms with Crippen molar-refractivity contribution in [2.75, 3.05) is 9.80 Å². The Morgan fingerprint density at radius 1 is 0.203 bits per heavy atom. The molecule has 0 saturated carbocycles. The lowest BCUT2D eigenvalue weighted by Gasteiger charge is -2.28. The maximum atomic E-state index is 2.37. The van der Waals surface area contributed by atoms with Crippen LogP contribution in [-0.2, 0) is 0 Å². The van der Waals surface area contributed by atoms with Crippen molar-refractivity contribution in [2.24, 2.45) is 0 Å². The molecule has 2 nitrogen and oxygen atoms in total. The van der Waals surface area contributed by atoms with Gasteiger partial charge >= 0.3 is 0 Å². The van der Waals surface area contributed by atoms with Gasteiger partial charge in [-0.25, -0.2) is 0 Å². The molecule has 0 spiro atoms. The zero-order chi connectivity index (χ0) is 42.7. The summed E-state index contributed by atoms with van der Waals surface area (Å²) in [5.41, 5.74) is 16.2. The van der Waals surface area contributed by atoms with Crippen LogP contribution in [0.15, 0.2) is 267 Å². The van der Waals surface area contributed by atoms with Crippen LogP contribution in [-0.4, -0.2) is 0 Å². The third kappa shape index (κ3) is 7.59. The number of hydrogen-bond donors (Lipinski definition) is 0. The van der Waals surface area contributed by atoms with Gasteiger partial charge in [0.1, 0.15) is 0 Å². The molecule has 0 bridgehead atoms. The molecule has 302 valence electrons. The molecular weight excluding hydrogens is 773 g/mol. The second-order valence-electron chi connectivity index (χ2n) is 16.2. The molecule has 0 radical (unpaired) electrons. The Morgan fingerprint density at radius 2 is 0.578 bits per heavy atom. The molecule has 11 aromatic carbocycles. The molecular formula is C62H44N2. The first-order valence-electron chi connectivity index (χ1n) is 21.9. The van der Waals surface area contributed by atoms with Crippen molar-refractivity contribution in [3.8, 4) is 44.5 Å². The number of benzene rings is 11. The van der Waals surface area contributed by atoms with E-state index in [9.17, 15) is 0 Å². The van der Waals surface area contributed by atoms with Crippen LogP contribution >= 0.6 is 0 Å². The fourth-order valence-electron chi connectivity index (χ4n) is 9.01. The quantitative estimate of drug-likeness (QED) is 0.136. The number of nitrogens with zero attached hydrogens (tertiary/aromatic N) is 2. The van der Waals surface area contributed by atoms with Crippen molar-refractivity contribution < 1.29 is 0 Å². The number of para-hydroxylation sites is 1. The zero-order valence-corrected chi connectivity index (χ0v) is 35.3. The number of hydrogen-bond acceptors (Lipinski definition) is 2. The summed E-state index contributed by atoms with van der Waals surface area (Å²) in [4.78, 5) is 4.72. The summed E-state index contributed by atoms with van der Waals surface area (Å²) >= 11 is 0. The lowest BCUT2D eigenvalue weighted by Crippen LogP contribution is -2.10. The van der Waals surface area contributed by atoms with Gasteiger partial charge in [-0.3, -0.25) is 0 Å². The third-order valence-electron chi connectivity index (χ3n) is 12.3. The summed E-state index contributed by atoms with van der Waals surface area (Å²) in [6.07, 6.45) is 0. The lowest BCUT2D eigenvalue weighted by atomic mass is 9.96. The fraction of sp³-hybridized carbons (Fsp3) is 0. The largest absolute Gasteiger partial charge is 0.311 e. The normalized spacial score (nSPS) is 11.1. The Labute approximate surface area is 375 Å². The predicted octanol–water partition coefficient (Wildman–Crippen LogP) is 17.6. The number of rotatable bonds is 10. The van der Waals surface area contributed by atoms with Crippen LogP contribution in [0.2, 0.25) is 0 Å². The smallest absolute Gasteiger partial charge is 0.0540 e. The van der Waals surface area contributed by atoms with Crippen molar-refractivity contribution in [3.05, 3.63) is 267 Å². The van der Waals surface area contributed by atoms with Gasteiger partial charge in [-0.2, -0.15) is 0 Å². The van der Waals surface area contributed by atoms with Crippen molar-refractivity contribution in [1.29, 1.82) is 0 Å². The fourth-order valence-corrected chi connectivity index (χ4v) is 9.01. The van der Waals surface area contributed by atoms with Gasteiger partial charge < -0.3 is 9.80 Å². The molecule has 0 unspecified atom stereocenters. The van der Waals surface area contributed by atoms with Crippen LogP contribution in [0.1, 0.15) is 0 Å². The minimum absolute atomic E-state index is 1.09. The maximum Gasteiger partial charge on any atom is 0.0540 e. The predicted molar refractivity (Wildman–Crippen MR) is 273 cm³/mol. The molecule has 0 atom stereocenters. The maximum absolute atomic E-state index is 2.37. The van der Waals surface area contributed by atoms with E-state index in [1.54, 1.807) is 0 Å². The molecule has 0 heterocycles. The lowest BCUT2D eigenvalue weighted by molar-refractivity contribution is 1.28. The van der Waals surface area contributed by atoms with Gasteiger partial charge in [0.15, 0.2) is 0 Å². The second kappa shape index (κ2) is 17.1. The molecule has 0 N–H and O–H groups in total. The van der Waals surface area contributed by atoms with E-state index in [-0.39, 0.29) is 0 Å². The molecule has 0 aliphatic heterocycles. The van der Waals surface area contributed by atoms with Crippen LogP contribution < -0.4 is 9.80 Å². The summed E-state index contributed by atoms with van der Waals surface area (Å²) in [5, 5.41) is 4.93. The Balaban J connectivity index is 0.926. The van der Waals surface area contributed by atoms with Gasteiger partial charge in [0.2, 0.25) is 0 Å². The topological polar surface area (TPSA) is 6.48 Å². The number of anilines is 6. The first kappa shape index (κ1) is 38.5. The van der Waals surface area contributed by atoms with Crippen LogP contribution in [0.5, 0.6) is 0 Å². The highest BCUT2D eigenvalue weighted by Gasteiger charge is 2.18. The molecule has 0 aromatic heterocycles. The average Bonchev–Trinajstić information content (AvgIpc) is 3.38. The first-order chi connectivity index (χ1) is 31.7. The summed E-state index contributed by atoms with van der Waals surface area (Å²) in [7, 11) is 0. The monoisotopic (exact) mass is 816 g/mol. The second-order valence-corrected chi connectivity index (χ2v) is 16.2. The molecule has 0 saturated heterocycles. The number of fused-ring (bicyclic) bond motifs is 2. The van der Waals surface area contributed by atoms with Crippen molar-refractivity contribution in [3.63, 3.8) is 0 Å². The Kier molecular flexibility index (Phi) is 10.3. The minimum Gasteiger partial charge on any atom is -0.311 e. The highest BCUT2D eigenvalue weighted by molar-refractivity contribution is 6.06. The van der Waals surface area contributed by atoms with Gasteiger partial charge in [-0.15, -0.1) is 0 Å². The van der Waals surface area contributed by atoms with E-state index in [2.05, 4.69) is 277 Å². The highest BCUT2D eigenvalue weighted by atomic mass is 15.1. The van der Waals surface area contributed by atoms with Gasteiger partial charge in [-0.1, -0.05) is 194 Å². The van der Waals surface area contributed by atoms with Gasteiger partial charge in [0.25, 0.3) is 0 Å². The van der Waals surface area contributed by atoms with E-state index in [1.807, 2.05) is 0 Å². The Morgan fingerprint density at radius 3 is 1.12 bits per heavy atom. The van der Waals surface area contributed by atoms with E-state index in [4.69, 9.17) is 0 Å². The van der Waals surface area contributed by atoms with Crippen LogP contribution in [0, 0.1) is 0 Å². The van der Waals surface area contributed by atoms with Crippen molar-refractivity contribution >= 4 is 55.7 Å². The molecule has 0 fully saturated rings. The van der Waals surface area contributed by atoms with E-state index in [0.29, 0.717) is 0 Å². The minimum atomic E-state index is 1.09. The first-order valence-corrected chi connectivity index (χ1v) is 21.9. The van der Waals surface area contributed by atoms with Crippen LogP contribution in [0.25, 0.3) is 66.1 Å². The molecule has 0 amide bonds. The average molecular weight is 817 g/mol. The van der Waals surface area contributed by atoms with Crippen LogP contribution in [0.4, 0.5) is 34.1 Å². The van der Waals surface area contributed by atoms with Crippen molar-refractivity contribution in [1.82, 2.24) is 0 Å².